The van der Waals surface area contributed by atoms with Gasteiger partial charge in [0, 0.05) is 5.56 Å². The van der Waals surface area contributed by atoms with Gasteiger partial charge < -0.3 is 0 Å². The standard InChI is InChI=1S/C11H14OS/c1-9(12)11-6-4-10(5-7-11)3-2-8-13/h4-7,13H,2-3,8H2,1H3. The second kappa shape index (κ2) is 5.07. The number of aryl methyl sites for hydroxylation is 1. The molecule has 0 saturated heterocycles. The average molecular weight is 194 g/mol. The van der Waals surface area contributed by atoms with Crippen LogP contribution in [0.4, 0.5) is 0 Å². The lowest BCUT2D eigenvalue weighted by molar-refractivity contribution is 0.101. The van der Waals surface area contributed by atoms with E-state index in [9.17, 15) is 4.79 Å². The first-order valence-electron chi connectivity index (χ1n) is 4.45. The van der Waals surface area contributed by atoms with Crippen molar-refractivity contribution in [2.75, 3.05) is 5.75 Å². The van der Waals surface area contributed by atoms with Crippen LogP contribution < -0.4 is 0 Å². The fourth-order valence-electron chi connectivity index (χ4n) is 1.19. The van der Waals surface area contributed by atoms with Gasteiger partial charge in [-0.05, 0) is 31.1 Å². The van der Waals surface area contributed by atoms with E-state index in [0.717, 1.165) is 24.2 Å². The van der Waals surface area contributed by atoms with Gasteiger partial charge in [-0.1, -0.05) is 24.3 Å². The molecular formula is C11H14OS. The number of benzene rings is 1. The fraction of sp³-hybridized carbons (Fsp3) is 0.364. The molecule has 0 aromatic heterocycles. The molecule has 0 radical (unpaired) electrons. The quantitative estimate of drug-likeness (QED) is 0.576. The number of ketones is 1. The molecule has 0 aliphatic rings. The van der Waals surface area contributed by atoms with Gasteiger partial charge in [0.1, 0.15) is 0 Å². The molecule has 0 fully saturated rings. The highest BCUT2D eigenvalue weighted by molar-refractivity contribution is 7.80. The van der Waals surface area contributed by atoms with Crippen molar-refractivity contribution in [2.45, 2.75) is 19.8 Å². The highest BCUT2D eigenvalue weighted by Gasteiger charge is 1.98. The van der Waals surface area contributed by atoms with Crippen LogP contribution in [-0.2, 0) is 6.42 Å². The molecule has 0 spiro atoms. The molecule has 0 amide bonds. The molecule has 2 heteroatoms. The fourth-order valence-corrected chi connectivity index (χ4v) is 1.35. The predicted octanol–water partition coefficient (Wildman–Crippen LogP) is 2.75. The van der Waals surface area contributed by atoms with Gasteiger partial charge in [0.2, 0.25) is 0 Å². The van der Waals surface area contributed by atoms with Crippen molar-refractivity contribution in [3.63, 3.8) is 0 Å². The Labute approximate surface area is 84.6 Å². The van der Waals surface area contributed by atoms with Crippen LogP contribution >= 0.6 is 12.6 Å². The van der Waals surface area contributed by atoms with Crippen molar-refractivity contribution in [3.05, 3.63) is 35.4 Å². The molecule has 1 aromatic carbocycles. The minimum absolute atomic E-state index is 0.126. The van der Waals surface area contributed by atoms with Gasteiger partial charge in [-0.25, -0.2) is 0 Å². The monoisotopic (exact) mass is 194 g/mol. The largest absolute Gasteiger partial charge is 0.295 e. The summed E-state index contributed by atoms with van der Waals surface area (Å²) in [4.78, 5) is 11.0. The molecule has 1 aromatic rings. The lowest BCUT2D eigenvalue weighted by atomic mass is 10.1. The number of hydrogen-bond donors (Lipinski definition) is 1. The van der Waals surface area contributed by atoms with Crippen molar-refractivity contribution in [1.29, 1.82) is 0 Å². The Bertz CT molecular complexity index is 277. The van der Waals surface area contributed by atoms with Crippen molar-refractivity contribution < 1.29 is 4.79 Å². The Balaban J connectivity index is 2.64. The molecular weight excluding hydrogens is 180 g/mol. The SMILES string of the molecule is CC(=O)c1ccc(CCCS)cc1. The molecule has 1 nitrogen and oxygen atoms in total. The molecule has 0 atom stereocenters. The minimum Gasteiger partial charge on any atom is -0.295 e. The van der Waals surface area contributed by atoms with E-state index in [2.05, 4.69) is 12.6 Å². The first kappa shape index (κ1) is 10.3. The lowest BCUT2D eigenvalue weighted by Crippen LogP contribution is -1.92. The van der Waals surface area contributed by atoms with E-state index in [1.54, 1.807) is 6.92 Å². The van der Waals surface area contributed by atoms with Gasteiger partial charge >= 0.3 is 0 Å². The van der Waals surface area contributed by atoms with E-state index in [4.69, 9.17) is 0 Å². The van der Waals surface area contributed by atoms with Crippen LogP contribution in [0.1, 0.15) is 29.3 Å². The first-order valence-corrected chi connectivity index (χ1v) is 5.08. The van der Waals surface area contributed by atoms with Crippen LogP contribution in [0.5, 0.6) is 0 Å². The number of carbonyl (C=O) groups is 1. The summed E-state index contributed by atoms with van der Waals surface area (Å²) in [6.07, 6.45) is 2.13. The van der Waals surface area contributed by atoms with Gasteiger partial charge in [-0.2, -0.15) is 12.6 Å². The molecule has 0 saturated carbocycles. The Kier molecular flexibility index (Phi) is 4.03. The summed E-state index contributed by atoms with van der Waals surface area (Å²) in [6, 6.07) is 7.80. The van der Waals surface area contributed by atoms with Gasteiger partial charge in [0.15, 0.2) is 5.78 Å². The van der Waals surface area contributed by atoms with Crippen LogP contribution in [0.2, 0.25) is 0 Å². The van der Waals surface area contributed by atoms with Gasteiger partial charge in [-0.3, -0.25) is 4.79 Å². The summed E-state index contributed by atoms with van der Waals surface area (Å²) >= 11 is 4.15. The van der Waals surface area contributed by atoms with Crippen molar-refractivity contribution in [2.24, 2.45) is 0 Å². The van der Waals surface area contributed by atoms with Crippen LogP contribution in [0.15, 0.2) is 24.3 Å². The molecule has 70 valence electrons. The molecule has 1 rings (SSSR count). The molecule has 0 heterocycles. The highest BCUT2D eigenvalue weighted by Crippen LogP contribution is 2.07. The lowest BCUT2D eigenvalue weighted by Gasteiger charge is -2.00. The number of rotatable bonds is 4. The normalized spacial score (nSPS) is 10.0. The zero-order valence-electron chi connectivity index (χ0n) is 7.79. The number of thiol groups is 1. The smallest absolute Gasteiger partial charge is 0.159 e. The van der Waals surface area contributed by atoms with Crippen LogP contribution in [0.3, 0.4) is 0 Å². The summed E-state index contributed by atoms with van der Waals surface area (Å²) in [5, 5.41) is 0. The molecule has 0 unspecified atom stereocenters. The van der Waals surface area contributed by atoms with Crippen molar-refractivity contribution >= 4 is 18.4 Å². The maximum Gasteiger partial charge on any atom is 0.159 e. The third-order valence-corrected chi connectivity index (χ3v) is 2.30. The minimum atomic E-state index is 0.126. The Morgan fingerprint density at radius 2 is 1.92 bits per heavy atom. The summed E-state index contributed by atoms with van der Waals surface area (Å²) in [5.41, 5.74) is 2.06. The molecule has 0 N–H and O–H groups in total. The summed E-state index contributed by atoms with van der Waals surface area (Å²) < 4.78 is 0. The van der Waals surface area contributed by atoms with E-state index in [1.807, 2.05) is 24.3 Å². The number of Topliss-reactive ketones (excluding diaryl/α,β-unsaturated/α-hetero) is 1. The molecule has 0 bridgehead atoms. The Morgan fingerprint density at radius 3 is 2.38 bits per heavy atom. The van der Waals surface area contributed by atoms with E-state index in [1.165, 1.54) is 5.56 Å². The van der Waals surface area contributed by atoms with Crippen LogP contribution in [-0.4, -0.2) is 11.5 Å². The zero-order valence-corrected chi connectivity index (χ0v) is 8.68. The van der Waals surface area contributed by atoms with E-state index in [0.29, 0.717) is 0 Å². The van der Waals surface area contributed by atoms with Crippen LogP contribution in [0, 0.1) is 0 Å². The third-order valence-electron chi connectivity index (χ3n) is 1.98. The predicted molar refractivity (Wildman–Crippen MR) is 58.6 cm³/mol. The third kappa shape index (κ3) is 3.23. The van der Waals surface area contributed by atoms with E-state index in [-0.39, 0.29) is 5.78 Å². The summed E-state index contributed by atoms with van der Waals surface area (Å²) in [7, 11) is 0. The Morgan fingerprint density at radius 1 is 1.31 bits per heavy atom. The topological polar surface area (TPSA) is 17.1 Å². The van der Waals surface area contributed by atoms with Crippen molar-refractivity contribution in [1.82, 2.24) is 0 Å². The summed E-state index contributed by atoms with van der Waals surface area (Å²) in [5.74, 6) is 1.04. The van der Waals surface area contributed by atoms with Gasteiger partial charge in [0.05, 0.1) is 0 Å². The number of hydrogen-bond acceptors (Lipinski definition) is 2. The van der Waals surface area contributed by atoms with Gasteiger partial charge in [-0.15, -0.1) is 0 Å². The molecule has 0 aliphatic carbocycles. The first-order chi connectivity index (χ1) is 6.24. The average Bonchev–Trinajstić information content (AvgIpc) is 2.15. The number of carbonyl (C=O) groups excluding carboxylic acids is 1. The maximum atomic E-state index is 11.0. The zero-order chi connectivity index (χ0) is 9.68. The Hall–Kier alpha value is -0.760. The molecule has 13 heavy (non-hydrogen) atoms. The second-order valence-electron chi connectivity index (χ2n) is 3.08. The van der Waals surface area contributed by atoms with Crippen LogP contribution in [0.25, 0.3) is 0 Å². The van der Waals surface area contributed by atoms with E-state index >= 15 is 0 Å². The second-order valence-corrected chi connectivity index (χ2v) is 3.53. The summed E-state index contributed by atoms with van der Waals surface area (Å²) in [6.45, 7) is 1.59. The van der Waals surface area contributed by atoms with Gasteiger partial charge in [0.25, 0.3) is 0 Å². The van der Waals surface area contributed by atoms with Crippen molar-refractivity contribution in [3.8, 4) is 0 Å². The highest BCUT2D eigenvalue weighted by atomic mass is 32.1. The molecule has 0 aliphatic heterocycles. The maximum absolute atomic E-state index is 11.0. The van der Waals surface area contributed by atoms with E-state index < -0.39 is 0 Å².